The van der Waals surface area contributed by atoms with Crippen LogP contribution in [0.4, 0.5) is 10.5 Å². The molecular formula is C26H32ClN5O9S. The molecule has 42 heavy (non-hydrogen) atoms. The Morgan fingerprint density at radius 3 is 2.31 bits per heavy atom. The van der Waals surface area contributed by atoms with E-state index in [1.165, 1.54) is 23.2 Å². The SMILES string of the molecule is C[C@H](NC(=O)O)C(=O)N[C@@H](CO)C(=O)N(C)[C@@]1(Cc2ccc(Cl)cc2)CCCN(S(=O)(=O)c2ccc([N+](=O)[O-])cc2)C1. The molecule has 1 heterocycles. The topological polar surface area (TPSA) is 199 Å². The van der Waals surface area contributed by atoms with Gasteiger partial charge in [-0.3, -0.25) is 19.7 Å². The molecule has 4 N–H and O–H groups in total. The number of sulfonamides is 1. The van der Waals surface area contributed by atoms with Gasteiger partial charge in [0, 0.05) is 37.3 Å². The Morgan fingerprint density at radius 2 is 1.76 bits per heavy atom. The number of piperidine rings is 1. The van der Waals surface area contributed by atoms with Gasteiger partial charge >= 0.3 is 6.09 Å². The number of amides is 3. The van der Waals surface area contributed by atoms with Crippen LogP contribution in [0.25, 0.3) is 0 Å². The van der Waals surface area contributed by atoms with Gasteiger partial charge in [-0.25, -0.2) is 13.2 Å². The van der Waals surface area contributed by atoms with Crippen LogP contribution in [0.1, 0.15) is 25.3 Å². The lowest BCUT2D eigenvalue weighted by Crippen LogP contribution is -2.64. The average molecular weight is 626 g/mol. The normalized spacial score (nSPS) is 18.9. The van der Waals surface area contributed by atoms with Crippen molar-refractivity contribution in [3.8, 4) is 0 Å². The molecule has 228 valence electrons. The minimum absolute atomic E-state index is 0.127. The molecule has 1 aliphatic rings. The Hall–Kier alpha value is -3.79. The van der Waals surface area contributed by atoms with Gasteiger partial charge in [-0.2, -0.15) is 4.31 Å². The van der Waals surface area contributed by atoms with E-state index in [0.717, 1.165) is 29.8 Å². The van der Waals surface area contributed by atoms with Crippen LogP contribution in [-0.2, 0) is 26.0 Å². The Morgan fingerprint density at radius 1 is 1.14 bits per heavy atom. The van der Waals surface area contributed by atoms with E-state index >= 15 is 0 Å². The lowest BCUT2D eigenvalue weighted by Gasteiger charge is -2.48. The molecule has 3 amide bonds. The summed E-state index contributed by atoms with van der Waals surface area (Å²) >= 11 is 6.05. The van der Waals surface area contributed by atoms with Crippen LogP contribution in [0.5, 0.6) is 0 Å². The summed E-state index contributed by atoms with van der Waals surface area (Å²) in [5, 5.41) is 34.7. The zero-order valence-corrected chi connectivity index (χ0v) is 24.5. The number of carbonyl (C=O) groups excluding carboxylic acids is 2. The van der Waals surface area contributed by atoms with Gasteiger partial charge < -0.3 is 25.7 Å². The van der Waals surface area contributed by atoms with Gasteiger partial charge in [0.1, 0.15) is 12.1 Å². The predicted molar refractivity (Wildman–Crippen MR) is 151 cm³/mol. The number of carboxylic acid groups (broad SMARTS) is 1. The molecule has 1 saturated heterocycles. The lowest BCUT2D eigenvalue weighted by atomic mass is 9.82. The molecule has 3 rings (SSSR count). The standard InChI is InChI=1S/C26H32ClN5O9S/c1-17(28-25(36)37)23(34)29-22(15-33)24(35)30(2)26(14-18-4-6-19(27)7-5-18)12-3-13-31(16-26)42(40,41)21-10-8-20(9-11-21)32(38)39/h4-11,17,22,28,33H,3,12-16H2,1-2H3,(H,29,34)(H,36,37)/t17-,22-,26+/m0/s1. The van der Waals surface area contributed by atoms with Crippen LogP contribution in [0.2, 0.25) is 5.02 Å². The number of benzene rings is 2. The minimum atomic E-state index is -4.13. The number of carbonyl (C=O) groups is 3. The van der Waals surface area contributed by atoms with Gasteiger partial charge in [0.15, 0.2) is 0 Å². The first-order valence-electron chi connectivity index (χ1n) is 12.9. The van der Waals surface area contributed by atoms with Gasteiger partial charge in [0.05, 0.1) is 22.0 Å². The number of rotatable bonds is 11. The molecule has 1 fully saturated rings. The summed E-state index contributed by atoms with van der Waals surface area (Å²) in [5.41, 5.74) is -0.655. The highest BCUT2D eigenvalue weighted by atomic mass is 35.5. The van der Waals surface area contributed by atoms with Crippen LogP contribution < -0.4 is 10.6 Å². The van der Waals surface area contributed by atoms with Crippen molar-refractivity contribution in [1.29, 1.82) is 0 Å². The number of nitro benzene ring substituents is 1. The summed E-state index contributed by atoms with van der Waals surface area (Å²) in [7, 11) is -2.68. The van der Waals surface area contributed by atoms with E-state index in [1.807, 2.05) is 5.32 Å². The van der Waals surface area contributed by atoms with E-state index in [-0.39, 0.29) is 30.1 Å². The van der Waals surface area contributed by atoms with E-state index in [9.17, 15) is 38.0 Å². The first-order chi connectivity index (χ1) is 19.7. The van der Waals surface area contributed by atoms with Gasteiger partial charge in [-0.05, 0) is 56.0 Å². The molecule has 3 atom stereocenters. The van der Waals surface area contributed by atoms with Gasteiger partial charge in [-0.15, -0.1) is 0 Å². The molecule has 0 unspecified atom stereocenters. The monoisotopic (exact) mass is 625 g/mol. The fourth-order valence-corrected chi connectivity index (χ4v) is 6.57. The molecule has 0 bridgehead atoms. The van der Waals surface area contributed by atoms with E-state index < -0.39 is 57.1 Å². The number of nitrogens with zero attached hydrogens (tertiary/aromatic N) is 3. The summed E-state index contributed by atoms with van der Waals surface area (Å²) in [4.78, 5) is 48.7. The third kappa shape index (κ3) is 7.53. The summed E-state index contributed by atoms with van der Waals surface area (Å²) in [5.74, 6) is -1.55. The van der Waals surface area contributed by atoms with Crippen molar-refractivity contribution < 1.29 is 37.9 Å². The third-order valence-corrected chi connectivity index (χ3v) is 9.34. The summed E-state index contributed by atoms with van der Waals surface area (Å²) in [6, 6.07) is 8.67. The fourth-order valence-electron chi connectivity index (χ4n) is 4.88. The number of nitrogens with one attached hydrogen (secondary N) is 2. The second-order valence-corrected chi connectivity index (χ2v) is 12.4. The maximum Gasteiger partial charge on any atom is 0.405 e. The number of aliphatic hydroxyl groups excluding tert-OH is 1. The number of hydrogen-bond acceptors (Lipinski definition) is 8. The number of likely N-dealkylation sites (N-methyl/N-ethyl adjacent to an activating group) is 1. The van der Waals surface area contributed by atoms with Crippen LogP contribution in [0, 0.1) is 10.1 Å². The molecule has 2 aromatic rings. The van der Waals surface area contributed by atoms with Crippen molar-refractivity contribution in [2.75, 3.05) is 26.7 Å². The van der Waals surface area contributed by atoms with Crippen LogP contribution >= 0.6 is 11.6 Å². The minimum Gasteiger partial charge on any atom is -0.465 e. The molecule has 1 aliphatic heterocycles. The number of hydrogen-bond donors (Lipinski definition) is 4. The molecule has 2 aromatic carbocycles. The van der Waals surface area contributed by atoms with Gasteiger partial charge in [0.25, 0.3) is 5.69 Å². The summed E-state index contributed by atoms with van der Waals surface area (Å²) in [6.07, 6.45) is -0.526. The summed E-state index contributed by atoms with van der Waals surface area (Å²) in [6.45, 7) is 0.454. The highest BCUT2D eigenvalue weighted by molar-refractivity contribution is 7.89. The first kappa shape index (κ1) is 32.7. The van der Waals surface area contributed by atoms with E-state index in [1.54, 1.807) is 24.3 Å². The fraction of sp³-hybridized carbons (Fsp3) is 0.423. The van der Waals surface area contributed by atoms with E-state index in [4.69, 9.17) is 16.7 Å². The summed E-state index contributed by atoms with van der Waals surface area (Å²) < 4.78 is 28.5. The highest BCUT2D eigenvalue weighted by Crippen LogP contribution is 2.34. The smallest absolute Gasteiger partial charge is 0.405 e. The molecular weight excluding hydrogens is 594 g/mol. The van der Waals surface area contributed by atoms with Crippen molar-refractivity contribution in [3.63, 3.8) is 0 Å². The van der Waals surface area contributed by atoms with Crippen molar-refractivity contribution >= 4 is 45.2 Å². The van der Waals surface area contributed by atoms with E-state index in [2.05, 4.69) is 5.32 Å². The second-order valence-electron chi connectivity index (χ2n) is 10.0. The zero-order valence-electron chi connectivity index (χ0n) is 22.9. The third-order valence-electron chi connectivity index (χ3n) is 7.22. The van der Waals surface area contributed by atoms with Gasteiger partial charge in [0.2, 0.25) is 21.8 Å². The second kappa shape index (κ2) is 13.5. The molecule has 14 nitrogen and oxygen atoms in total. The Labute approximate surface area is 247 Å². The predicted octanol–water partition coefficient (Wildman–Crippen LogP) is 1.61. The van der Waals surface area contributed by atoms with Crippen molar-refractivity contribution in [2.24, 2.45) is 0 Å². The number of halogens is 1. The molecule has 0 radical (unpaired) electrons. The number of nitro groups is 1. The van der Waals surface area contributed by atoms with Gasteiger partial charge in [-0.1, -0.05) is 23.7 Å². The Bertz CT molecular complexity index is 1420. The quantitative estimate of drug-likeness (QED) is 0.211. The first-order valence-corrected chi connectivity index (χ1v) is 14.7. The molecule has 16 heteroatoms. The number of non-ortho nitro benzene ring substituents is 1. The van der Waals surface area contributed by atoms with Crippen LogP contribution in [0.3, 0.4) is 0 Å². The van der Waals surface area contributed by atoms with Crippen LogP contribution in [-0.4, -0.2) is 95.0 Å². The highest BCUT2D eigenvalue weighted by Gasteiger charge is 2.46. The largest absolute Gasteiger partial charge is 0.465 e. The van der Waals surface area contributed by atoms with Crippen LogP contribution in [0.15, 0.2) is 53.4 Å². The number of aliphatic hydroxyl groups is 1. The molecule has 0 spiro atoms. The molecule has 0 aromatic heterocycles. The van der Waals surface area contributed by atoms with Crippen molar-refractivity contribution in [1.82, 2.24) is 19.8 Å². The lowest BCUT2D eigenvalue weighted by molar-refractivity contribution is -0.384. The average Bonchev–Trinajstić information content (AvgIpc) is 2.96. The Kier molecular flexibility index (Phi) is 10.5. The Balaban J connectivity index is 1.96. The molecule has 0 aliphatic carbocycles. The zero-order chi connectivity index (χ0) is 31.2. The van der Waals surface area contributed by atoms with E-state index in [0.29, 0.717) is 17.9 Å². The maximum absolute atomic E-state index is 13.7. The van der Waals surface area contributed by atoms with Crippen molar-refractivity contribution in [2.45, 2.75) is 48.7 Å². The van der Waals surface area contributed by atoms with Crippen molar-refractivity contribution in [3.05, 3.63) is 69.2 Å². The molecule has 0 saturated carbocycles. The maximum atomic E-state index is 13.7.